The molecule has 1 aliphatic heterocycles. The van der Waals surface area contributed by atoms with E-state index in [1.807, 2.05) is 24.3 Å². The Labute approximate surface area is 126 Å². The molecule has 2 rings (SSSR count). The second-order valence-electron chi connectivity index (χ2n) is 5.49. The standard InChI is InChI=1S/C15H23NO4S/c1-19-7-8-20-15-5-3-2-4-13(15)14(16)10-12-6-9-21(17,18)11-12/h2-5,12,14H,6-11,16H2,1H3. The first-order valence-corrected chi connectivity index (χ1v) is 9.00. The predicted octanol–water partition coefficient (Wildman–Crippen LogP) is 1.54. The van der Waals surface area contributed by atoms with Crippen LogP contribution in [0.5, 0.6) is 5.75 Å². The highest BCUT2D eigenvalue weighted by atomic mass is 32.2. The fourth-order valence-electron chi connectivity index (χ4n) is 2.70. The zero-order valence-corrected chi connectivity index (χ0v) is 13.1. The molecule has 1 aromatic rings. The monoisotopic (exact) mass is 313 g/mol. The summed E-state index contributed by atoms with van der Waals surface area (Å²) in [6, 6.07) is 7.44. The van der Waals surface area contributed by atoms with Crippen molar-refractivity contribution in [1.82, 2.24) is 0 Å². The Morgan fingerprint density at radius 1 is 1.33 bits per heavy atom. The summed E-state index contributed by atoms with van der Waals surface area (Å²) in [5.74, 6) is 1.45. The number of hydrogen-bond donors (Lipinski definition) is 1. The fourth-order valence-corrected chi connectivity index (χ4v) is 4.58. The Bertz CT molecular complexity index is 559. The van der Waals surface area contributed by atoms with Gasteiger partial charge >= 0.3 is 0 Å². The van der Waals surface area contributed by atoms with Crippen LogP contribution < -0.4 is 10.5 Å². The van der Waals surface area contributed by atoms with Crippen LogP contribution >= 0.6 is 0 Å². The molecule has 2 atom stereocenters. The van der Waals surface area contributed by atoms with Crippen molar-refractivity contribution in [3.8, 4) is 5.75 Å². The van der Waals surface area contributed by atoms with Gasteiger partial charge in [-0.2, -0.15) is 0 Å². The average Bonchev–Trinajstić information content (AvgIpc) is 2.78. The summed E-state index contributed by atoms with van der Waals surface area (Å²) in [6.07, 6.45) is 1.38. The predicted molar refractivity (Wildman–Crippen MR) is 82.1 cm³/mol. The normalized spacial score (nSPS) is 22.1. The summed E-state index contributed by atoms with van der Waals surface area (Å²) in [6.45, 7) is 0.989. The van der Waals surface area contributed by atoms with Gasteiger partial charge in [-0.25, -0.2) is 8.42 Å². The van der Waals surface area contributed by atoms with Gasteiger partial charge in [0.15, 0.2) is 9.84 Å². The number of sulfone groups is 1. The van der Waals surface area contributed by atoms with E-state index in [9.17, 15) is 8.42 Å². The summed E-state index contributed by atoms with van der Waals surface area (Å²) in [5.41, 5.74) is 7.19. The number of ether oxygens (including phenoxy) is 2. The average molecular weight is 313 g/mol. The zero-order chi connectivity index (χ0) is 15.3. The van der Waals surface area contributed by atoms with Crippen molar-refractivity contribution >= 4 is 9.84 Å². The quantitative estimate of drug-likeness (QED) is 0.772. The van der Waals surface area contributed by atoms with Gasteiger partial charge in [-0.05, 0) is 24.8 Å². The van der Waals surface area contributed by atoms with Crippen LogP contribution in [0.25, 0.3) is 0 Å². The first-order valence-electron chi connectivity index (χ1n) is 7.18. The van der Waals surface area contributed by atoms with E-state index in [0.29, 0.717) is 26.1 Å². The Morgan fingerprint density at radius 3 is 2.76 bits per heavy atom. The second kappa shape index (κ2) is 7.24. The summed E-state index contributed by atoms with van der Waals surface area (Å²) in [5, 5.41) is 0. The third kappa shape index (κ3) is 4.69. The first-order chi connectivity index (χ1) is 10.0. The lowest BCUT2D eigenvalue weighted by atomic mass is 9.94. The Hall–Kier alpha value is -1.11. The minimum absolute atomic E-state index is 0.150. The SMILES string of the molecule is COCCOc1ccccc1C(N)CC1CCS(=O)(=O)C1. The Kier molecular flexibility index (Phi) is 5.61. The maximum absolute atomic E-state index is 11.5. The van der Waals surface area contributed by atoms with Gasteiger partial charge in [0.2, 0.25) is 0 Å². The van der Waals surface area contributed by atoms with E-state index in [1.54, 1.807) is 7.11 Å². The Morgan fingerprint density at radius 2 is 2.10 bits per heavy atom. The number of para-hydroxylation sites is 1. The lowest BCUT2D eigenvalue weighted by Crippen LogP contribution is -2.18. The van der Waals surface area contributed by atoms with Crippen molar-refractivity contribution in [2.75, 3.05) is 31.8 Å². The van der Waals surface area contributed by atoms with E-state index in [-0.39, 0.29) is 23.5 Å². The number of hydrogen-bond acceptors (Lipinski definition) is 5. The maximum atomic E-state index is 11.5. The molecular formula is C15H23NO4S. The van der Waals surface area contributed by atoms with Gasteiger partial charge in [0, 0.05) is 18.7 Å². The van der Waals surface area contributed by atoms with E-state index in [2.05, 4.69) is 0 Å². The molecule has 1 heterocycles. The number of benzene rings is 1. The largest absolute Gasteiger partial charge is 0.491 e. The minimum atomic E-state index is -2.85. The molecule has 118 valence electrons. The fraction of sp³-hybridized carbons (Fsp3) is 0.600. The minimum Gasteiger partial charge on any atom is -0.491 e. The van der Waals surface area contributed by atoms with Crippen molar-refractivity contribution in [3.05, 3.63) is 29.8 Å². The van der Waals surface area contributed by atoms with Gasteiger partial charge in [-0.3, -0.25) is 0 Å². The van der Waals surface area contributed by atoms with Crippen LogP contribution in [0, 0.1) is 5.92 Å². The molecule has 1 aliphatic rings. The van der Waals surface area contributed by atoms with Crippen LogP contribution in [0.2, 0.25) is 0 Å². The van der Waals surface area contributed by atoms with Crippen LogP contribution in [-0.4, -0.2) is 40.2 Å². The van der Waals surface area contributed by atoms with Crippen LogP contribution in [0.1, 0.15) is 24.4 Å². The van der Waals surface area contributed by atoms with Crippen LogP contribution in [0.4, 0.5) is 0 Å². The highest BCUT2D eigenvalue weighted by Gasteiger charge is 2.29. The highest BCUT2D eigenvalue weighted by molar-refractivity contribution is 7.91. The zero-order valence-electron chi connectivity index (χ0n) is 12.3. The molecule has 0 aliphatic carbocycles. The van der Waals surface area contributed by atoms with E-state index in [4.69, 9.17) is 15.2 Å². The molecule has 2 unspecified atom stereocenters. The van der Waals surface area contributed by atoms with E-state index in [1.165, 1.54) is 0 Å². The highest BCUT2D eigenvalue weighted by Crippen LogP contribution is 2.31. The van der Waals surface area contributed by atoms with Gasteiger partial charge in [-0.15, -0.1) is 0 Å². The van der Waals surface area contributed by atoms with Gasteiger partial charge in [0.25, 0.3) is 0 Å². The summed E-state index contributed by atoms with van der Waals surface area (Å²) in [4.78, 5) is 0. The lowest BCUT2D eigenvalue weighted by Gasteiger charge is -2.19. The molecule has 0 saturated carbocycles. The van der Waals surface area contributed by atoms with Crippen molar-refractivity contribution < 1.29 is 17.9 Å². The molecule has 1 fully saturated rings. The van der Waals surface area contributed by atoms with E-state index in [0.717, 1.165) is 11.3 Å². The van der Waals surface area contributed by atoms with Crippen molar-refractivity contribution in [1.29, 1.82) is 0 Å². The van der Waals surface area contributed by atoms with Crippen LogP contribution in [0.3, 0.4) is 0 Å². The number of rotatable bonds is 7. The van der Waals surface area contributed by atoms with Crippen LogP contribution in [-0.2, 0) is 14.6 Å². The molecule has 21 heavy (non-hydrogen) atoms. The second-order valence-corrected chi connectivity index (χ2v) is 7.72. The van der Waals surface area contributed by atoms with Crippen LogP contribution in [0.15, 0.2) is 24.3 Å². The molecule has 0 bridgehead atoms. The Balaban J connectivity index is 2.00. The molecule has 5 nitrogen and oxygen atoms in total. The summed E-state index contributed by atoms with van der Waals surface area (Å²) in [7, 11) is -1.23. The molecule has 2 N–H and O–H groups in total. The van der Waals surface area contributed by atoms with Gasteiger partial charge in [-0.1, -0.05) is 18.2 Å². The third-order valence-corrected chi connectivity index (χ3v) is 5.61. The third-order valence-electron chi connectivity index (χ3n) is 3.78. The van der Waals surface area contributed by atoms with Crippen molar-refractivity contribution in [2.45, 2.75) is 18.9 Å². The van der Waals surface area contributed by atoms with Gasteiger partial charge in [0.05, 0.1) is 18.1 Å². The summed E-state index contributed by atoms with van der Waals surface area (Å²) < 4.78 is 33.7. The van der Waals surface area contributed by atoms with E-state index < -0.39 is 9.84 Å². The molecule has 0 amide bonds. The van der Waals surface area contributed by atoms with Crippen molar-refractivity contribution in [3.63, 3.8) is 0 Å². The number of methoxy groups -OCH3 is 1. The molecule has 0 aromatic heterocycles. The topological polar surface area (TPSA) is 78.6 Å². The number of nitrogens with two attached hydrogens (primary N) is 1. The lowest BCUT2D eigenvalue weighted by molar-refractivity contribution is 0.145. The van der Waals surface area contributed by atoms with Crippen molar-refractivity contribution in [2.24, 2.45) is 11.7 Å². The first kappa shape index (κ1) is 16.3. The molecule has 6 heteroatoms. The molecular weight excluding hydrogens is 290 g/mol. The summed E-state index contributed by atoms with van der Waals surface area (Å²) >= 11 is 0. The van der Waals surface area contributed by atoms with Gasteiger partial charge < -0.3 is 15.2 Å². The smallest absolute Gasteiger partial charge is 0.150 e. The maximum Gasteiger partial charge on any atom is 0.150 e. The molecule has 0 spiro atoms. The van der Waals surface area contributed by atoms with E-state index >= 15 is 0 Å². The molecule has 1 saturated heterocycles. The van der Waals surface area contributed by atoms with Gasteiger partial charge in [0.1, 0.15) is 12.4 Å². The molecule has 0 radical (unpaired) electrons. The molecule has 1 aromatic carbocycles.